The molecule has 0 radical (unpaired) electrons. The normalized spacial score (nSPS) is 9.75. The maximum atomic E-state index is 10.1. The van der Waals surface area contributed by atoms with Gasteiger partial charge in [-0.2, -0.15) is 0 Å². The van der Waals surface area contributed by atoms with Gasteiger partial charge in [-0.3, -0.25) is 10.1 Å². The predicted octanol–water partition coefficient (Wildman–Crippen LogP) is 2.11. The van der Waals surface area contributed by atoms with Crippen LogP contribution in [0.5, 0.6) is 0 Å². The van der Waals surface area contributed by atoms with E-state index in [0.29, 0.717) is 6.42 Å². The van der Waals surface area contributed by atoms with Crippen LogP contribution in [0.25, 0.3) is 0 Å². The molecule has 0 aromatic heterocycles. The molecule has 0 saturated heterocycles. The van der Waals surface area contributed by atoms with Crippen LogP contribution < -0.4 is 0 Å². The molecule has 12 heavy (non-hydrogen) atoms. The van der Waals surface area contributed by atoms with Gasteiger partial charge in [-0.15, -0.1) is 0 Å². The van der Waals surface area contributed by atoms with E-state index in [1.165, 1.54) is 0 Å². The van der Waals surface area contributed by atoms with E-state index in [9.17, 15) is 10.1 Å². The lowest BCUT2D eigenvalue weighted by Crippen LogP contribution is -2.04. The Morgan fingerprint density at radius 3 is 2.67 bits per heavy atom. The monoisotopic (exact) mass is 277 g/mol. The SMILES string of the molecule is O=[N+]([O-])CCc1ccccc1I. The zero-order chi connectivity index (χ0) is 8.97. The summed E-state index contributed by atoms with van der Waals surface area (Å²) in [7, 11) is 0. The van der Waals surface area contributed by atoms with E-state index in [1.54, 1.807) is 0 Å². The maximum absolute atomic E-state index is 10.1. The fourth-order valence-electron chi connectivity index (χ4n) is 0.913. The van der Waals surface area contributed by atoms with Gasteiger partial charge in [0, 0.05) is 14.9 Å². The van der Waals surface area contributed by atoms with Crippen LogP contribution in [0.15, 0.2) is 24.3 Å². The maximum Gasteiger partial charge on any atom is 0.207 e. The van der Waals surface area contributed by atoms with Crippen molar-refractivity contribution in [2.45, 2.75) is 6.42 Å². The van der Waals surface area contributed by atoms with E-state index in [4.69, 9.17) is 0 Å². The fourth-order valence-corrected chi connectivity index (χ4v) is 1.57. The van der Waals surface area contributed by atoms with E-state index < -0.39 is 0 Å². The molecule has 0 unspecified atom stereocenters. The molecule has 1 rings (SSSR count). The minimum absolute atomic E-state index is 0.0139. The third kappa shape index (κ3) is 2.77. The van der Waals surface area contributed by atoms with Crippen LogP contribution in [0, 0.1) is 13.7 Å². The molecule has 0 atom stereocenters. The summed E-state index contributed by atoms with van der Waals surface area (Å²) in [6.07, 6.45) is 0.520. The van der Waals surface area contributed by atoms with E-state index in [2.05, 4.69) is 22.6 Å². The highest BCUT2D eigenvalue weighted by Crippen LogP contribution is 2.11. The molecule has 0 aliphatic carbocycles. The molecule has 3 nitrogen and oxygen atoms in total. The van der Waals surface area contributed by atoms with Gasteiger partial charge in [0.1, 0.15) is 0 Å². The molecule has 64 valence electrons. The number of halogens is 1. The van der Waals surface area contributed by atoms with Gasteiger partial charge in [-0.25, -0.2) is 0 Å². The Hall–Kier alpha value is -0.650. The van der Waals surface area contributed by atoms with E-state index in [0.717, 1.165) is 9.13 Å². The molecule has 1 aromatic rings. The highest BCUT2D eigenvalue weighted by atomic mass is 127. The standard InChI is InChI=1S/C8H8INO2/c9-8-4-2-1-3-7(8)5-6-10(11)12/h1-4H,5-6H2. The summed E-state index contributed by atoms with van der Waals surface area (Å²) in [6.45, 7) is 0.0139. The lowest BCUT2D eigenvalue weighted by Gasteiger charge is -1.99. The van der Waals surface area contributed by atoms with Crippen LogP contribution in [0.4, 0.5) is 0 Å². The number of rotatable bonds is 3. The largest absolute Gasteiger partial charge is 0.265 e. The second-order valence-corrected chi connectivity index (χ2v) is 3.56. The smallest absolute Gasteiger partial charge is 0.207 e. The average Bonchev–Trinajstić information content (AvgIpc) is 2.03. The molecule has 0 amide bonds. The predicted molar refractivity (Wildman–Crippen MR) is 54.7 cm³/mol. The molecule has 1 aromatic carbocycles. The zero-order valence-corrected chi connectivity index (χ0v) is 8.52. The number of hydrogen-bond donors (Lipinski definition) is 0. The van der Waals surface area contributed by atoms with Crippen LogP contribution in [-0.2, 0) is 6.42 Å². The molecule has 0 saturated carbocycles. The molecular weight excluding hydrogens is 269 g/mol. The molecule has 0 spiro atoms. The molecule has 0 bridgehead atoms. The Morgan fingerprint density at radius 1 is 1.42 bits per heavy atom. The van der Waals surface area contributed by atoms with Crippen molar-refractivity contribution >= 4 is 22.6 Å². The second kappa shape index (κ2) is 4.39. The van der Waals surface area contributed by atoms with Gasteiger partial charge >= 0.3 is 0 Å². The van der Waals surface area contributed by atoms with Crippen molar-refractivity contribution in [3.05, 3.63) is 43.5 Å². The van der Waals surface area contributed by atoms with E-state index in [-0.39, 0.29) is 11.5 Å². The Labute approximate surface area is 84.1 Å². The van der Waals surface area contributed by atoms with Crippen molar-refractivity contribution in [2.75, 3.05) is 6.54 Å². The summed E-state index contributed by atoms with van der Waals surface area (Å²) in [5.41, 5.74) is 1.05. The van der Waals surface area contributed by atoms with Crippen LogP contribution in [0.1, 0.15) is 5.56 Å². The lowest BCUT2D eigenvalue weighted by atomic mass is 10.2. The first-order valence-corrected chi connectivity index (χ1v) is 4.63. The van der Waals surface area contributed by atoms with Gasteiger partial charge in [-0.05, 0) is 34.2 Å². The third-order valence-electron chi connectivity index (χ3n) is 1.52. The molecule has 0 fully saturated rings. The zero-order valence-electron chi connectivity index (χ0n) is 6.37. The van der Waals surface area contributed by atoms with Crippen molar-refractivity contribution in [1.29, 1.82) is 0 Å². The van der Waals surface area contributed by atoms with Gasteiger partial charge in [0.25, 0.3) is 0 Å². The first-order chi connectivity index (χ1) is 5.70. The van der Waals surface area contributed by atoms with E-state index in [1.807, 2.05) is 24.3 Å². The van der Waals surface area contributed by atoms with Crippen LogP contribution in [0.3, 0.4) is 0 Å². The van der Waals surface area contributed by atoms with Crippen molar-refractivity contribution in [1.82, 2.24) is 0 Å². The highest BCUT2D eigenvalue weighted by molar-refractivity contribution is 14.1. The summed E-state index contributed by atoms with van der Waals surface area (Å²) in [5.74, 6) is 0. The number of hydrogen-bond acceptors (Lipinski definition) is 2. The number of benzene rings is 1. The molecule has 0 aliphatic rings. The van der Waals surface area contributed by atoms with Crippen molar-refractivity contribution in [3.8, 4) is 0 Å². The quantitative estimate of drug-likeness (QED) is 0.482. The fraction of sp³-hybridized carbons (Fsp3) is 0.250. The lowest BCUT2D eigenvalue weighted by molar-refractivity contribution is -0.479. The van der Waals surface area contributed by atoms with Gasteiger partial charge in [0.2, 0.25) is 6.54 Å². The third-order valence-corrected chi connectivity index (χ3v) is 2.57. The minimum Gasteiger partial charge on any atom is -0.265 e. The van der Waals surface area contributed by atoms with Crippen molar-refractivity contribution in [2.24, 2.45) is 0 Å². The number of nitro groups is 1. The molecule has 0 N–H and O–H groups in total. The van der Waals surface area contributed by atoms with Crippen LogP contribution in [-0.4, -0.2) is 11.5 Å². The Morgan fingerprint density at radius 2 is 2.08 bits per heavy atom. The van der Waals surface area contributed by atoms with Gasteiger partial charge in [0.15, 0.2) is 0 Å². The van der Waals surface area contributed by atoms with Crippen LogP contribution in [0.2, 0.25) is 0 Å². The summed E-state index contributed by atoms with van der Waals surface area (Å²) in [6, 6.07) is 7.70. The molecule has 4 heteroatoms. The van der Waals surface area contributed by atoms with Gasteiger partial charge < -0.3 is 0 Å². The Balaban J connectivity index is 2.63. The second-order valence-electron chi connectivity index (χ2n) is 2.40. The van der Waals surface area contributed by atoms with Gasteiger partial charge in [-0.1, -0.05) is 18.2 Å². The minimum atomic E-state index is -0.289. The summed E-state index contributed by atoms with van der Waals surface area (Å²) >= 11 is 2.18. The highest BCUT2D eigenvalue weighted by Gasteiger charge is 2.02. The molecular formula is C8H8INO2. The summed E-state index contributed by atoms with van der Waals surface area (Å²) < 4.78 is 1.09. The molecule has 0 aliphatic heterocycles. The topological polar surface area (TPSA) is 43.1 Å². The molecule has 0 heterocycles. The Kier molecular flexibility index (Phi) is 3.46. The average molecular weight is 277 g/mol. The first kappa shape index (κ1) is 9.44. The van der Waals surface area contributed by atoms with E-state index >= 15 is 0 Å². The summed E-state index contributed by atoms with van der Waals surface area (Å²) in [5, 5.41) is 10.1. The van der Waals surface area contributed by atoms with Gasteiger partial charge in [0.05, 0.1) is 0 Å². The van der Waals surface area contributed by atoms with Crippen molar-refractivity contribution < 1.29 is 4.92 Å². The first-order valence-electron chi connectivity index (χ1n) is 3.55. The van der Waals surface area contributed by atoms with Crippen LogP contribution >= 0.6 is 22.6 Å². The Bertz CT molecular complexity index is 288. The number of nitrogens with zero attached hydrogens (tertiary/aromatic N) is 1. The summed E-state index contributed by atoms with van der Waals surface area (Å²) in [4.78, 5) is 9.80. The van der Waals surface area contributed by atoms with Crippen molar-refractivity contribution in [3.63, 3.8) is 0 Å².